The molecule has 180 valence electrons. The van der Waals surface area contributed by atoms with Gasteiger partial charge in [-0.15, -0.1) is 0 Å². The molecule has 0 bridgehead atoms. The van der Waals surface area contributed by atoms with Gasteiger partial charge >= 0.3 is 0 Å². The molecule has 0 radical (unpaired) electrons. The third-order valence-electron chi connectivity index (χ3n) is 6.86. The molecule has 2 saturated heterocycles. The summed E-state index contributed by atoms with van der Waals surface area (Å²) >= 11 is 0. The van der Waals surface area contributed by atoms with E-state index in [0.29, 0.717) is 12.1 Å². The highest BCUT2D eigenvalue weighted by Crippen LogP contribution is 2.28. The van der Waals surface area contributed by atoms with Gasteiger partial charge in [-0.3, -0.25) is 9.69 Å². The van der Waals surface area contributed by atoms with Crippen molar-refractivity contribution in [2.45, 2.75) is 58.3 Å². The van der Waals surface area contributed by atoms with Gasteiger partial charge in [-0.1, -0.05) is 24.3 Å². The van der Waals surface area contributed by atoms with Crippen LogP contribution in [-0.2, 0) is 24.4 Å². The zero-order valence-corrected chi connectivity index (χ0v) is 19.9. The fourth-order valence-electron chi connectivity index (χ4n) is 4.87. The number of fused-ring (bicyclic) bond motifs is 1. The lowest BCUT2D eigenvalue weighted by molar-refractivity contribution is 0.0904. The first kappa shape index (κ1) is 22.8. The molecular weight excluding hydrogens is 428 g/mol. The quantitative estimate of drug-likeness (QED) is 0.533. The summed E-state index contributed by atoms with van der Waals surface area (Å²) in [6.07, 6.45) is 7.91. The molecule has 8 heteroatoms. The Morgan fingerprint density at radius 2 is 1.82 bits per heavy atom. The summed E-state index contributed by atoms with van der Waals surface area (Å²) < 4.78 is 7.36. The molecule has 1 aromatic carbocycles. The van der Waals surface area contributed by atoms with Crippen molar-refractivity contribution in [1.82, 2.24) is 25.0 Å². The van der Waals surface area contributed by atoms with Crippen LogP contribution in [0.3, 0.4) is 0 Å². The lowest BCUT2D eigenvalue weighted by Crippen LogP contribution is -2.30. The van der Waals surface area contributed by atoms with E-state index >= 15 is 0 Å². The maximum atomic E-state index is 13.2. The van der Waals surface area contributed by atoms with Crippen molar-refractivity contribution >= 4 is 22.6 Å². The van der Waals surface area contributed by atoms with Crippen LogP contribution in [0.25, 0.3) is 11.0 Å². The number of amides is 1. The number of benzene rings is 1. The highest BCUT2D eigenvalue weighted by atomic mass is 16.5. The maximum absolute atomic E-state index is 13.2. The van der Waals surface area contributed by atoms with E-state index < -0.39 is 0 Å². The molecule has 2 N–H and O–H groups in total. The van der Waals surface area contributed by atoms with Crippen molar-refractivity contribution < 1.29 is 9.53 Å². The molecule has 2 aliphatic heterocycles. The molecule has 0 saturated carbocycles. The van der Waals surface area contributed by atoms with Crippen molar-refractivity contribution in [3.8, 4) is 0 Å². The Morgan fingerprint density at radius 1 is 1.09 bits per heavy atom. The van der Waals surface area contributed by atoms with Crippen LogP contribution in [0.4, 0.5) is 5.69 Å². The van der Waals surface area contributed by atoms with Gasteiger partial charge in [0.1, 0.15) is 0 Å². The second-order valence-corrected chi connectivity index (χ2v) is 9.26. The van der Waals surface area contributed by atoms with Gasteiger partial charge in [-0.05, 0) is 56.8 Å². The lowest BCUT2D eigenvalue weighted by atomic mass is 10.1. The van der Waals surface area contributed by atoms with E-state index in [4.69, 9.17) is 4.74 Å². The zero-order valence-electron chi connectivity index (χ0n) is 19.9. The van der Waals surface area contributed by atoms with Crippen LogP contribution in [0, 0.1) is 0 Å². The number of nitrogens with one attached hydrogen (secondary N) is 2. The van der Waals surface area contributed by atoms with E-state index in [1.165, 1.54) is 31.5 Å². The van der Waals surface area contributed by atoms with Gasteiger partial charge in [0, 0.05) is 45.1 Å². The van der Waals surface area contributed by atoms with Crippen LogP contribution in [0.5, 0.6) is 0 Å². The van der Waals surface area contributed by atoms with E-state index in [9.17, 15) is 4.79 Å². The highest BCUT2D eigenvalue weighted by molar-refractivity contribution is 6.06. The molecule has 8 nitrogen and oxygen atoms in total. The van der Waals surface area contributed by atoms with E-state index in [-0.39, 0.29) is 11.9 Å². The van der Waals surface area contributed by atoms with Gasteiger partial charge in [-0.25, -0.2) is 9.67 Å². The molecule has 2 fully saturated rings. The molecule has 2 aromatic heterocycles. The monoisotopic (exact) mass is 462 g/mol. The maximum Gasteiger partial charge on any atom is 0.255 e. The zero-order chi connectivity index (χ0) is 23.3. The molecule has 1 amide bonds. The SMILES string of the molecule is CCn1ncc2c(NC3CCOCC3)c(C(=O)NCc3ccc(CN4CCCC4)cc3)cnc21. The first-order valence-corrected chi connectivity index (χ1v) is 12.5. The van der Waals surface area contributed by atoms with Crippen molar-refractivity contribution in [3.05, 3.63) is 53.3 Å². The standard InChI is InChI=1S/C26H34N6O2/c1-2-32-25-22(17-29-32)24(30-21-9-13-34-14-10-21)23(16-27-25)26(33)28-15-19-5-7-20(8-6-19)18-31-11-3-4-12-31/h5-8,16-17,21H,2-4,9-15,18H2,1H3,(H,27,30)(H,28,33). The molecule has 5 rings (SSSR count). The smallest absolute Gasteiger partial charge is 0.255 e. The number of nitrogens with zero attached hydrogens (tertiary/aromatic N) is 4. The summed E-state index contributed by atoms with van der Waals surface area (Å²) in [5, 5.41) is 12.0. The number of ether oxygens (including phenoxy) is 1. The molecule has 2 aliphatic rings. The summed E-state index contributed by atoms with van der Waals surface area (Å²) in [7, 11) is 0. The highest BCUT2D eigenvalue weighted by Gasteiger charge is 2.22. The van der Waals surface area contributed by atoms with Crippen molar-refractivity contribution in [3.63, 3.8) is 0 Å². The Hall–Kier alpha value is -2.97. The number of pyridine rings is 1. The number of hydrogen-bond acceptors (Lipinski definition) is 6. The second-order valence-electron chi connectivity index (χ2n) is 9.26. The van der Waals surface area contributed by atoms with Gasteiger partial charge in [0.25, 0.3) is 5.91 Å². The van der Waals surface area contributed by atoms with Crippen LogP contribution in [0.15, 0.2) is 36.7 Å². The van der Waals surface area contributed by atoms with E-state index in [1.807, 2.05) is 17.8 Å². The Morgan fingerprint density at radius 3 is 2.56 bits per heavy atom. The van der Waals surface area contributed by atoms with Crippen molar-refractivity contribution in [2.24, 2.45) is 0 Å². The van der Waals surface area contributed by atoms with E-state index in [0.717, 1.165) is 61.4 Å². The number of carbonyl (C=O) groups excluding carboxylic acids is 1. The molecule has 0 unspecified atom stereocenters. The number of rotatable bonds is 8. The summed E-state index contributed by atoms with van der Waals surface area (Å²) in [6, 6.07) is 8.83. The Bertz CT molecular complexity index is 1110. The largest absolute Gasteiger partial charge is 0.381 e. The number of aryl methyl sites for hydroxylation is 1. The molecule has 0 atom stereocenters. The predicted molar refractivity (Wildman–Crippen MR) is 133 cm³/mol. The van der Waals surface area contributed by atoms with Crippen LogP contribution in [0.2, 0.25) is 0 Å². The molecule has 3 aromatic rings. The van der Waals surface area contributed by atoms with Crippen LogP contribution in [-0.4, -0.2) is 57.9 Å². The fraction of sp³-hybridized carbons (Fsp3) is 0.500. The topological polar surface area (TPSA) is 84.3 Å². The van der Waals surface area contributed by atoms with Crippen LogP contribution in [0.1, 0.15) is 54.1 Å². The molecule has 4 heterocycles. The van der Waals surface area contributed by atoms with E-state index in [1.54, 1.807) is 6.20 Å². The van der Waals surface area contributed by atoms with Crippen molar-refractivity contribution in [2.75, 3.05) is 31.6 Å². The minimum atomic E-state index is -0.130. The Kier molecular flexibility index (Phi) is 7.06. The number of anilines is 1. The number of carbonyl (C=O) groups is 1. The minimum absolute atomic E-state index is 0.130. The van der Waals surface area contributed by atoms with Crippen LogP contribution >= 0.6 is 0 Å². The number of hydrogen-bond donors (Lipinski definition) is 2. The lowest BCUT2D eigenvalue weighted by Gasteiger charge is -2.25. The summed E-state index contributed by atoms with van der Waals surface area (Å²) in [4.78, 5) is 20.3. The first-order valence-electron chi connectivity index (χ1n) is 12.5. The molecule has 0 aliphatic carbocycles. The first-order chi connectivity index (χ1) is 16.7. The number of aromatic nitrogens is 3. The van der Waals surface area contributed by atoms with Gasteiger partial charge in [0.2, 0.25) is 0 Å². The number of likely N-dealkylation sites (tertiary alicyclic amines) is 1. The van der Waals surface area contributed by atoms with Gasteiger partial charge < -0.3 is 15.4 Å². The predicted octanol–water partition coefficient (Wildman–Crippen LogP) is 3.57. The Labute approximate surface area is 200 Å². The van der Waals surface area contributed by atoms with Gasteiger partial charge in [0.15, 0.2) is 5.65 Å². The third-order valence-corrected chi connectivity index (χ3v) is 6.86. The average Bonchev–Trinajstić information content (AvgIpc) is 3.54. The Balaban J connectivity index is 1.30. The third kappa shape index (κ3) is 5.08. The molecular formula is C26H34N6O2. The molecule has 34 heavy (non-hydrogen) atoms. The van der Waals surface area contributed by atoms with E-state index in [2.05, 4.69) is 49.9 Å². The second kappa shape index (κ2) is 10.5. The van der Waals surface area contributed by atoms with Gasteiger partial charge in [-0.2, -0.15) is 5.10 Å². The fourth-order valence-corrected chi connectivity index (χ4v) is 4.87. The summed E-state index contributed by atoms with van der Waals surface area (Å²) in [6.45, 7) is 8.10. The normalized spacial score (nSPS) is 17.3. The molecule has 0 spiro atoms. The minimum Gasteiger partial charge on any atom is -0.381 e. The summed E-state index contributed by atoms with van der Waals surface area (Å²) in [5.41, 5.74) is 4.57. The average molecular weight is 463 g/mol. The van der Waals surface area contributed by atoms with Crippen molar-refractivity contribution in [1.29, 1.82) is 0 Å². The summed E-state index contributed by atoms with van der Waals surface area (Å²) in [5.74, 6) is -0.130. The van der Waals surface area contributed by atoms with Crippen LogP contribution < -0.4 is 10.6 Å². The van der Waals surface area contributed by atoms with Gasteiger partial charge in [0.05, 0.1) is 22.8 Å².